The van der Waals surface area contributed by atoms with Gasteiger partial charge in [-0.2, -0.15) is 0 Å². The average Bonchev–Trinajstić information content (AvgIpc) is 2.24. The number of benzene rings is 1. The summed E-state index contributed by atoms with van der Waals surface area (Å²) >= 11 is 0. The molecular weight excluding hydrogens is 200 g/mol. The Morgan fingerprint density at radius 3 is 2.38 bits per heavy atom. The molecule has 0 saturated heterocycles. The van der Waals surface area contributed by atoms with Crippen LogP contribution in [0.4, 0.5) is 0 Å². The summed E-state index contributed by atoms with van der Waals surface area (Å²) in [6.45, 7) is 6.63. The summed E-state index contributed by atoms with van der Waals surface area (Å²) in [5.41, 5.74) is 1.00. The van der Waals surface area contributed by atoms with E-state index in [9.17, 15) is 0 Å². The molecule has 0 bridgehead atoms. The second-order valence-electron chi connectivity index (χ2n) is 4.58. The maximum Gasteiger partial charge on any atom is 0.148 e. The lowest BCUT2D eigenvalue weighted by atomic mass is 9.85. The van der Waals surface area contributed by atoms with Gasteiger partial charge in [-0.15, -0.1) is 6.42 Å². The second kappa shape index (κ2) is 4.94. The Morgan fingerprint density at radius 1 is 1.25 bits per heavy atom. The quantitative estimate of drug-likeness (QED) is 0.726. The fourth-order valence-electron chi connectivity index (χ4n) is 1.66. The zero-order chi connectivity index (χ0) is 12.2. The van der Waals surface area contributed by atoms with Gasteiger partial charge in [0.1, 0.15) is 18.1 Å². The van der Waals surface area contributed by atoms with Crippen LogP contribution in [-0.4, -0.2) is 13.7 Å². The summed E-state index contributed by atoms with van der Waals surface area (Å²) < 4.78 is 10.9. The van der Waals surface area contributed by atoms with Crippen molar-refractivity contribution in [2.45, 2.75) is 26.2 Å². The minimum atomic E-state index is -0.0451. The minimum Gasteiger partial charge on any atom is -0.496 e. The van der Waals surface area contributed by atoms with Gasteiger partial charge >= 0.3 is 0 Å². The summed E-state index contributed by atoms with van der Waals surface area (Å²) in [5, 5.41) is 0. The van der Waals surface area contributed by atoms with E-state index in [0.717, 1.165) is 17.1 Å². The van der Waals surface area contributed by atoms with E-state index in [0.29, 0.717) is 0 Å². The lowest BCUT2D eigenvalue weighted by Crippen LogP contribution is -2.15. The van der Waals surface area contributed by atoms with Crippen molar-refractivity contribution in [1.82, 2.24) is 0 Å². The first kappa shape index (κ1) is 12.4. The van der Waals surface area contributed by atoms with Gasteiger partial charge in [-0.25, -0.2) is 0 Å². The van der Waals surface area contributed by atoms with E-state index in [-0.39, 0.29) is 12.0 Å². The zero-order valence-corrected chi connectivity index (χ0v) is 10.3. The molecule has 2 nitrogen and oxygen atoms in total. The molecule has 16 heavy (non-hydrogen) atoms. The van der Waals surface area contributed by atoms with E-state index in [1.807, 2.05) is 18.2 Å². The van der Waals surface area contributed by atoms with Gasteiger partial charge in [0.25, 0.3) is 0 Å². The Balaban J connectivity index is 3.22. The molecule has 0 radical (unpaired) electrons. The largest absolute Gasteiger partial charge is 0.496 e. The fraction of sp³-hybridized carbons (Fsp3) is 0.429. The molecule has 0 aliphatic rings. The molecule has 2 heteroatoms. The molecular formula is C14H18O2. The van der Waals surface area contributed by atoms with Crippen molar-refractivity contribution in [3.8, 4) is 23.8 Å². The van der Waals surface area contributed by atoms with Gasteiger partial charge in [-0.05, 0) is 17.5 Å². The Morgan fingerprint density at radius 2 is 1.88 bits per heavy atom. The van der Waals surface area contributed by atoms with Crippen LogP contribution >= 0.6 is 0 Å². The summed E-state index contributed by atoms with van der Waals surface area (Å²) in [7, 11) is 1.66. The summed E-state index contributed by atoms with van der Waals surface area (Å²) in [6, 6.07) is 5.75. The summed E-state index contributed by atoms with van der Waals surface area (Å²) in [5.74, 6) is 4.10. The lowest BCUT2D eigenvalue weighted by molar-refractivity contribution is 0.343. The lowest BCUT2D eigenvalue weighted by Gasteiger charge is -2.24. The maximum absolute atomic E-state index is 5.54. The predicted octanol–water partition coefficient (Wildman–Crippen LogP) is 3.00. The standard InChI is InChI=1S/C14H18O2/c1-6-10-16-12-9-7-8-11(15-5)13(12)14(2,3)4/h1,7-9H,10H2,2-5H3. The number of terminal acetylenes is 1. The third-order valence-corrected chi connectivity index (χ3v) is 2.27. The smallest absolute Gasteiger partial charge is 0.148 e. The van der Waals surface area contributed by atoms with Crippen molar-refractivity contribution in [2.75, 3.05) is 13.7 Å². The van der Waals surface area contributed by atoms with Crippen molar-refractivity contribution in [2.24, 2.45) is 0 Å². The number of ether oxygens (including phenoxy) is 2. The van der Waals surface area contributed by atoms with Gasteiger partial charge < -0.3 is 9.47 Å². The van der Waals surface area contributed by atoms with E-state index < -0.39 is 0 Å². The number of hydrogen-bond acceptors (Lipinski definition) is 2. The Kier molecular flexibility index (Phi) is 3.84. The van der Waals surface area contributed by atoms with Crippen LogP contribution < -0.4 is 9.47 Å². The second-order valence-corrected chi connectivity index (χ2v) is 4.58. The Bertz CT molecular complexity index is 394. The van der Waals surface area contributed by atoms with E-state index >= 15 is 0 Å². The van der Waals surface area contributed by atoms with Crippen LogP contribution in [0.15, 0.2) is 18.2 Å². The first-order valence-corrected chi connectivity index (χ1v) is 5.24. The van der Waals surface area contributed by atoms with Gasteiger partial charge in [0, 0.05) is 5.56 Å². The molecule has 0 heterocycles. The van der Waals surface area contributed by atoms with Crippen molar-refractivity contribution < 1.29 is 9.47 Å². The van der Waals surface area contributed by atoms with E-state index in [1.54, 1.807) is 7.11 Å². The zero-order valence-electron chi connectivity index (χ0n) is 10.3. The van der Waals surface area contributed by atoms with Crippen LogP contribution in [0.1, 0.15) is 26.3 Å². The molecule has 0 aliphatic carbocycles. The van der Waals surface area contributed by atoms with E-state index in [4.69, 9.17) is 15.9 Å². The first-order chi connectivity index (χ1) is 7.50. The van der Waals surface area contributed by atoms with Crippen LogP contribution in [0, 0.1) is 12.3 Å². The highest BCUT2D eigenvalue weighted by Crippen LogP contribution is 2.38. The van der Waals surface area contributed by atoms with Gasteiger partial charge in [-0.3, -0.25) is 0 Å². The molecule has 0 aromatic heterocycles. The molecule has 0 N–H and O–H groups in total. The highest BCUT2D eigenvalue weighted by Gasteiger charge is 2.23. The Hall–Kier alpha value is -1.62. The summed E-state index contributed by atoms with van der Waals surface area (Å²) in [4.78, 5) is 0. The Labute approximate surface area is 97.6 Å². The van der Waals surface area contributed by atoms with Crippen LogP contribution in [0.3, 0.4) is 0 Å². The van der Waals surface area contributed by atoms with Crippen molar-refractivity contribution in [3.63, 3.8) is 0 Å². The molecule has 0 saturated carbocycles. The molecule has 0 spiro atoms. The topological polar surface area (TPSA) is 18.5 Å². The van der Waals surface area contributed by atoms with E-state index in [1.165, 1.54) is 0 Å². The van der Waals surface area contributed by atoms with Crippen LogP contribution in [-0.2, 0) is 5.41 Å². The number of methoxy groups -OCH3 is 1. The summed E-state index contributed by atoms with van der Waals surface area (Å²) in [6.07, 6.45) is 5.20. The van der Waals surface area contributed by atoms with Gasteiger partial charge in [0.05, 0.1) is 7.11 Å². The normalized spacial score (nSPS) is 10.7. The maximum atomic E-state index is 5.54. The molecule has 1 aromatic carbocycles. The minimum absolute atomic E-state index is 0.0451. The number of hydrogen-bond donors (Lipinski definition) is 0. The molecule has 0 aliphatic heterocycles. The molecule has 0 atom stereocenters. The molecule has 0 unspecified atom stereocenters. The van der Waals surface area contributed by atoms with Crippen molar-refractivity contribution in [3.05, 3.63) is 23.8 Å². The van der Waals surface area contributed by atoms with Crippen LogP contribution in [0.2, 0.25) is 0 Å². The third kappa shape index (κ3) is 2.70. The first-order valence-electron chi connectivity index (χ1n) is 5.24. The van der Waals surface area contributed by atoms with Gasteiger partial charge in [0.15, 0.2) is 0 Å². The SMILES string of the molecule is C#CCOc1cccc(OC)c1C(C)(C)C. The van der Waals surface area contributed by atoms with Crippen LogP contribution in [0.25, 0.3) is 0 Å². The molecule has 1 rings (SSSR count). The molecule has 0 amide bonds. The van der Waals surface area contributed by atoms with Gasteiger partial charge in [-0.1, -0.05) is 32.8 Å². The van der Waals surface area contributed by atoms with Gasteiger partial charge in [0.2, 0.25) is 0 Å². The van der Waals surface area contributed by atoms with Crippen LogP contribution in [0.5, 0.6) is 11.5 Å². The van der Waals surface area contributed by atoms with Crippen molar-refractivity contribution in [1.29, 1.82) is 0 Å². The monoisotopic (exact) mass is 218 g/mol. The third-order valence-electron chi connectivity index (χ3n) is 2.27. The highest BCUT2D eigenvalue weighted by atomic mass is 16.5. The van der Waals surface area contributed by atoms with E-state index in [2.05, 4.69) is 26.7 Å². The molecule has 1 aromatic rings. The average molecular weight is 218 g/mol. The predicted molar refractivity (Wildman–Crippen MR) is 66.0 cm³/mol. The van der Waals surface area contributed by atoms with Crippen molar-refractivity contribution >= 4 is 0 Å². The number of rotatable bonds is 3. The highest BCUT2D eigenvalue weighted by molar-refractivity contribution is 5.49. The fourth-order valence-corrected chi connectivity index (χ4v) is 1.66. The molecule has 0 fully saturated rings. The molecule has 86 valence electrons.